The molecule has 20 heavy (non-hydrogen) atoms. The largest absolute Gasteiger partial charge is 0.306 e. The van der Waals surface area contributed by atoms with Crippen LogP contribution >= 0.6 is 27.5 Å². The van der Waals surface area contributed by atoms with Gasteiger partial charge in [0.15, 0.2) is 0 Å². The maximum Gasteiger partial charge on any atom is 0.129 e. The quantitative estimate of drug-likeness (QED) is 0.789. The van der Waals surface area contributed by atoms with Crippen molar-refractivity contribution in [3.05, 3.63) is 68.4 Å². The first-order valence-corrected chi connectivity index (χ1v) is 7.65. The van der Waals surface area contributed by atoms with Crippen molar-refractivity contribution in [2.45, 2.75) is 19.9 Å². The highest BCUT2D eigenvalue weighted by Crippen LogP contribution is 2.31. The molecule has 0 saturated heterocycles. The van der Waals surface area contributed by atoms with Crippen LogP contribution in [0, 0.1) is 12.7 Å². The van der Waals surface area contributed by atoms with Gasteiger partial charge in [-0.3, -0.25) is 0 Å². The molecule has 0 heterocycles. The zero-order valence-corrected chi connectivity index (χ0v) is 13.7. The molecule has 0 bridgehead atoms. The number of rotatable bonds is 4. The second-order valence-corrected chi connectivity index (χ2v) is 5.90. The molecule has 2 aromatic rings. The molecular formula is C16H16BrClFN. The first-order chi connectivity index (χ1) is 9.54. The molecule has 0 radical (unpaired) electrons. The summed E-state index contributed by atoms with van der Waals surface area (Å²) in [5.41, 5.74) is 2.77. The van der Waals surface area contributed by atoms with Crippen molar-refractivity contribution in [1.82, 2.24) is 5.32 Å². The Labute approximate surface area is 132 Å². The molecule has 0 fully saturated rings. The lowest BCUT2D eigenvalue weighted by atomic mass is 9.94. The minimum atomic E-state index is -0.289. The maximum absolute atomic E-state index is 14.2. The lowest BCUT2D eigenvalue weighted by molar-refractivity contribution is 0.558. The fourth-order valence-electron chi connectivity index (χ4n) is 2.26. The van der Waals surface area contributed by atoms with Gasteiger partial charge >= 0.3 is 0 Å². The van der Waals surface area contributed by atoms with E-state index in [2.05, 4.69) is 21.2 Å². The van der Waals surface area contributed by atoms with Crippen LogP contribution in [0.1, 0.15) is 29.7 Å². The summed E-state index contributed by atoms with van der Waals surface area (Å²) in [6.45, 7) is 4.78. The van der Waals surface area contributed by atoms with Gasteiger partial charge in [-0.2, -0.15) is 0 Å². The molecule has 0 aliphatic heterocycles. The minimum Gasteiger partial charge on any atom is -0.306 e. The van der Waals surface area contributed by atoms with Gasteiger partial charge in [0.2, 0.25) is 0 Å². The van der Waals surface area contributed by atoms with Gasteiger partial charge in [-0.25, -0.2) is 4.39 Å². The molecule has 0 spiro atoms. The van der Waals surface area contributed by atoms with Gasteiger partial charge in [0.05, 0.1) is 6.04 Å². The Hall–Kier alpha value is -0.900. The lowest BCUT2D eigenvalue weighted by Gasteiger charge is -2.22. The van der Waals surface area contributed by atoms with Gasteiger partial charge in [-0.15, -0.1) is 0 Å². The first kappa shape index (κ1) is 15.5. The normalized spacial score (nSPS) is 12.4. The molecule has 0 aliphatic carbocycles. The van der Waals surface area contributed by atoms with E-state index in [9.17, 15) is 4.39 Å². The van der Waals surface area contributed by atoms with E-state index in [0.717, 1.165) is 22.1 Å². The van der Waals surface area contributed by atoms with E-state index in [1.165, 1.54) is 6.07 Å². The van der Waals surface area contributed by atoms with Gasteiger partial charge in [-0.05, 0) is 42.8 Å². The van der Waals surface area contributed by atoms with Gasteiger partial charge in [0.1, 0.15) is 5.82 Å². The Balaban J connectivity index is 2.53. The summed E-state index contributed by atoms with van der Waals surface area (Å²) in [7, 11) is 0. The Bertz CT molecular complexity index is 615. The second-order valence-electron chi connectivity index (χ2n) is 4.61. The van der Waals surface area contributed by atoms with E-state index >= 15 is 0 Å². The van der Waals surface area contributed by atoms with Crippen molar-refractivity contribution in [3.8, 4) is 0 Å². The third-order valence-electron chi connectivity index (χ3n) is 3.30. The van der Waals surface area contributed by atoms with Crippen LogP contribution in [0.4, 0.5) is 4.39 Å². The van der Waals surface area contributed by atoms with Crippen LogP contribution in [-0.4, -0.2) is 6.54 Å². The molecule has 0 amide bonds. The van der Waals surface area contributed by atoms with Crippen LogP contribution in [0.15, 0.2) is 40.9 Å². The molecule has 106 valence electrons. The van der Waals surface area contributed by atoms with Gasteiger partial charge in [-0.1, -0.05) is 52.7 Å². The molecule has 0 aliphatic rings. The van der Waals surface area contributed by atoms with E-state index in [0.29, 0.717) is 10.6 Å². The maximum atomic E-state index is 14.2. The molecule has 2 aromatic carbocycles. The molecule has 0 aromatic heterocycles. The second kappa shape index (κ2) is 6.70. The highest BCUT2D eigenvalue weighted by Gasteiger charge is 2.19. The summed E-state index contributed by atoms with van der Waals surface area (Å²) in [5, 5.41) is 3.75. The molecular weight excluding hydrogens is 341 g/mol. The third kappa shape index (κ3) is 3.22. The van der Waals surface area contributed by atoms with Crippen LogP contribution in [0.2, 0.25) is 5.02 Å². The Kier molecular flexibility index (Phi) is 5.19. The van der Waals surface area contributed by atoms with Crippen LogP contribution in [0.3, 0.4) is 0 Å². The predicted octanol–water partition coefficient (Wildman–Crippen LogP) is 5.25. The molecule has 1 atom stereocenters. The van der Waals surface area contributed by atoms with Crippen LogP contribution in [0.25, 0.3) is 0 Å². The number of benzene rings is 2. The summed E-state index contributed by atoms with van der Waals surface area (Å²) in [6, 6.07) is 10.6. The molecule has 4 heteroatoms. The summed E-state index contributed by atoms with van der Waals surface area (Å²) in [6.07, 6.45) is 0. The summed E-state index contributed by atoms with van der Waals surface area (Å²) in [4.78, 5) is 0. The number of hydrogen-bond donors (Lipinski definition) is 1. The Morgan fingerprint density at radius 3 is 2.65 bits per heavy atom. The zero-order valence-electron chi connectivity index (χ0n) is 11.4. The van der Waals surface area contributed by atoms with Gasteiger partial charge in [0, 0.05) is 15.1 Å². The van der Waals surface area contributed by atoms with Crippen molar-refractivity contribution in [1.29, 1.82) is 0 Å². The number of halogens is 3. The van der Waals surface area contributed by atoms with E-state index < -0.39 is 0 Å². The molecule has 1 nitrogen and oxygen atoms in total. The van der Waals surface area contributed by atoms with E-state index in [1.54, 1.807) is 12.1 Å². The minimum absolute atomic E-state index is 0.185. The monoisotopic (exact) mass is 355 g/mol. The predicted molar refractivity (Wildman–Crippen MR) is 85.8 cm³/mol. The van der Waals surface area contributed by atoms with E-state index in [1.807, 2.05) is 32.0 Å². The average molecular weight is 357 g/mol. The standard InChI is InChI=1S/C16H16BrClFN/c1-3-20-16(12-5-4-6-14(17)10(12)2)13-8-7-11(18)9-15(13)19/h4-9,16,20H,3H2,1-2H3. The van der Waals surface area contributed by atoms with E-state index in [-0.39, 0.29) is 11.9 Å². The smallest absolute Gasteiger partial charge is 0.129 e. The molecule has 2 rings (SSSR count). The molecule has 1 N–H and O–H groups in total. The SMILES string of the molecule is CCNC(c1ccc(Cl)cc1F)c1cccc(Br)c1C. The topological polar surface area (TPSA) is 12.0 Å². The lowest BCUT2D eigenvalue weighted by Crippen LogP contribution is -2.23. The van der Waals surface area contributed by atoms with Crippen molar-refractivity contribution < 1.29 is 4.39 Å². The average Bonchev–Trinajstić information content (AvgIpc) is 2.40. The Morgan fingerprint density at radius 2 is 2.00 bits per heavy atom. The van der Waals surface area contributed by atoms with Gasteiger partial charge in [0.25, 0.3) is 0 Å². The zero-order chi connectivity index (χ0) is 14.7. The van der Waals surface area contributed by atoms with Crippen molar-refractivity contribution >= 4 is 27.5 Å². The number of nitrogens with one attached hydrogen (secondary N) is 1. The van der Waals surface area contributed by atoms with Crippen LogP contribution in [0.5, 0.6) is 0 Å². The van der Waals surface area contributed by atoms with Crippen LogP contribution < -0.4 is 5.32 Å². The van der Waals surface area contributed by atoms with Crippen molar-refractivity contribution in [2.24, 2.45) is 0 Å². The van der Waals surface area contributed by atoms with Gasteiger partial charge < -0.3 is 5.32 Å². The highest BCUT2D eigenvalue weighted by atomic mass is 79.9. The Morgan fingerprint density at radius 1 is 1.25 bits per heavy atom. The molecule has 0 saturated carbocycles. The fourth-order valence-corrected chi connectivity index (χ4v) is 2.80. The highest BCUT2D eigenvalue weighted by molar-refractivity contribution is 9.10. The third-order valence-corrected chi connectivity index (χ3v) is 4.40. The summed E-state index contributed by atoms with van der Waals surface area (Å²) < 4.78 is 15.2. The van der Waals surface area contributed by atoms with E-state index in [4.69, 9.17) is 11.6 Å². The molecule has 1 unspecified atom stereocenters. The summed E-state index contributed by atoms with van der Waals surface area (Å²) in [5.74, 6) is -0.289. The van der Waals surface area contributed by atoms with Crippen molar-refractivity contribution in [3.63, 3.8) is 0 Å². The fraction of sp³-hybridized carbons (Fsp3) is 0.250. The van der Waals surface area contributed by atoms with Crippen molar-refractivity contribution in [2.75, 3.05) is 6.54 Å². The summed E-state index contributed by atoms with van der Waals surface area (Å²) >= 11 is 9.36. The van der Waals surface area contributed by atoms with Crippen LogP contribution in [-0.2, 0) is 0 Å². The first-order valence-electron chi connectivity index (χ1n) is 6.48. The number of hydrogen-bond acceptors (Lipinski definition) is 1.